The Morgan fingerprint density at radius 1 is 0.781 bits per heavy atom. The Kier molecular flexibility index (Phi) is 8.89. The summed E-state index contributed by atoms with van der Waals surface area (Å²) in [5.41, 5.74) is 1.14. The Balaban J connectivity index is 1.49. The monoisotopic (exact) mass is 450 g/mol. The molecule has 0 bridgehead atoms. The third kappa shape index (κ3) is 7.28. The molecule has 1 amide bonds. The fourth-order valence-corrected chi connectivity index (χ4v) is 2.98. The molecule has 3 rings (SSSR count). The standard InChI is InChI=1S/C25H26N2O4S/c1-2-16-29-21-14-12-19(13-15-21)24(28)27-25(32)26-22-10-6-7-11-23(22)31-18-17-30-20-8-4-3-5-9-20/h3-15H,2,16-18H2,1H3,(H2,26,27,28,32). The summed E-state index contributed by atoms with van der Waals surface area (Å²) >= 11 is 5.31. The molecule has 0 saturated carbocycles. The minimum atomic E-state index is -0.306. The summed E-state index contributed by atoms with van der Waals surface area (Å²) < 4.78 is 17.0. The Bertz CT molecular complexity index is 1010. The van der Waals surface area contributed by atoms with E-state index in [-0.39, 0.29) is 11.0 Å². The maximum Gasteiger partial charge on any atom is 0.257 e. The molecule has 2 N–H and O–H groups in total. The van der Waals surface area contributed by atoms with Crippen LogP contribution in [0.1, 0.15) is 23.7 Å². The second kappa shape index (κ2) is 12.3. The molecule has 0 saturated heterocycles. The SMILES string of the molecule is CCCOc1ccc(C(=O)NC(=S)Nc2ccccc2OCCOc2ccccc2)cc1. The van der Waals surface area contributed by atoms with Crippen LogP contribution in [0.5, 0.6) is 17.2 Å². The Morgan fingerprint density at radius 2 is 1.41 bits per heavy atom. The van der Waals surface area contributed by atoms with Crippen molar-refractivity contribution in [1.29, 1.82) is 0 Å². The molecule has 3 aromatic carbocycles. The van der Waals surface area contributed by atoms with Gasteiger partial charge in [0, 0.05) is 5.56 Å². The van der Waals surface area contributed by atoms with Crippen LogP contribution < -0.4 is 24.8 Å². The summed E-state index contributed by atoms with van der Waals surface area (Å²) in [5.74, 6) is 1.82. The van der Waals surface area contributed by atoms with Gasteiger partial charge in [0.2, 0.25) is 0 Å². The van der Waals surface area contributed by atoms with Crippen molar-refractivity contribution in [2.75, 3.05) is 25.1 Å². The molecular weight excluding hydrogens is 424 g/mol. The first kappa shape index (κ1) is 23.1. The molecule has 0 aromatic heterocycles. The molecule has 7 heteroatoms. The Morgan fingerprint density at radius 3 is 2.16 bits per heavy atom. The maximum absolute atomic E-state index is 12.5. The van der Waals surface area contributed by atoms with E-state index in [1.165, 1.54) is 0 Å². The highest BCUT2D eigenvalue weighted by molar-refractivity contribution is 7.80. The van der Waals surface area contributed by atoms with Crippen LogP contribution in [0.4, 0.5) is 5.69 Å². The van der Waals surface area contributed by atoms with Gasteiger partial charge >= 0.3 is 0 Å². The van der Waals surface area contributed by atoms with Gasteiger partial charge in [-0.05, 0) is 67.2 Å². The summed E-state index contributed by atoms with van der Waals surface area (Å²) in [6.45, 7) is 3.44. The smallest absolute Gasteiger partial charge is 0.257 e. The van der Waals surface area contributed by atoms with Gasteiger partial charge < -0.3 is 19.5 Å². The number of hydrogen-bond donors (Lipinski definition) is 2. The summed E-state index contributed by atoms with van der Waals surface area (Å²) in [4.78, 5) is 12.5. The van der Waals surface area contributed by atoms with Crippen LogP contribution in [0.15, 0.2) is 78.9 Å². The molecule has 0 atom stereocenters. The van der Waals surface area contributed by atoms with Crippen LogP contribution in [0.2, 0.25) is 0 Å². The molecule has 0 aliphatic heterocycles. The second-order valence-corrected chi connectivity index (χ2v) is 7.20. The van der Waals surface area contributed by atoms with Crippen molar-refractivity contribution >= 4 is 28.9 Å². The second-order valence-electron chi connectivity index (χ2n) is 6.79. The van der Waals surface area contributed by atoms with E-state index in [1.807, 2.05) is 61.5 Å². The van der Waals surface area contributed by atoms with Gasteiger partial charge in [-0.1, -0.05) is 37.3 Å². The fourth-order valence-electron chi connectivity index (χ4n) is 2.77. The predicted octanol–water partition coefficient (Wildman–Crippen LogP) is 5.06. The van der Waals surface area contributed by atoms with E-state index >= 15 is 0 Å². The molecule has 0 aliphatic carbocycles. The number of rotatable bonds is 10. The number of anilines is 1. The van der Waals surface area contributed by atoms with E-state index in [1.54, 1.807) is 24.3 Å². The van der Waals surface area contributed by atoms with Gasteiger partial charge in [0.05, 0.1) is 12.3 Å². The molecule has 3 aromatic rings. The number of ether oxygens (including phenoxy) is 3. The van der Waals surface area contributed by atoms with Gasteiger partial charge in [-0.25, -0.2) is 0 Å². The minimum absolute atomic E-state index is 0.179. The van der Waals surface area contributed by atoms with Crippen LogP contribution in [0.25, 0.3) is 0 Å². The van der Waals surface area contributed by atoms with Gasteiger partial charge in [-0.3, -0.25) is 10.1 Å². The van der Waals surface area contributed by atoms with Gasteiger partial charge in [0.1, 0.15) is 30.5 Å². The highest BCUT2D eigenvalue weighted by Crippen LogP contribution is 2.23. The lowest BCUT2D eigenvalue weighted by atomic mass is 10.2. The molecule has 0 spiro atoms. The van der Waals surface area contributed by atoms with E-state index in [0.29, 0.717) is 36.8 Å². The Labute approximate surface area is 193 Å². The van der Waals surface area contributed by atoms with Crippen LogP contribution in [0.3, 0.4) is 0 Å². The normalized spacial score (nSPS) is 10.2. The summed E-state index contributed by atoms with van der Waals surface area (Å²) in [6, 6.07) is 23.9. The summed E-state index contributed by atoms with van der Waals surface area (Å²) in [6.07, 6.45) is 0.924. The lowest BCUT2D eigenvalue weighted by Crippen LogP contribution is -2.34. The molecule has 166 valence electrons. The molecule has 0 aliphatic rings. The average molecular weight is 451 g/mol. The number of carbonyl (C=O) groups is 1. The van der Waals surface area contributed by atoms with Crippen molar-refractivity contribution in [2.24, 2.45) is 0 Å². The molecule has 0 unspecified atom stereocenters. The van der Waals surface area contributed by atoms with Crippen molar-refractivity contribution in [1.82, 2.24) is 5.32 Å². The number of carbonyl (C=O) groups excluding carboxylic acids is 1. The highest BCUT2D eigenvalue weighted by Gasteiger charge is 2.10. The number of amides is 1. The number of hydrogen-bond acceptors (Lipinski definition) is 5. The lowest BCUT2D eigenvalue weighted by molar-refractivity contribution is 0.0977. The third-order valence-corrected chi connectivity index (χ3v) is 4.51. The van der Waals surface area contributed by atoms with Crippen molar-refractivity contribution in [3.05, 3.63) is 84.4 Å². The topological polar surface area (TPSA) is 68.8 Å². The van der Waals surface area contributed by atoms with Crippen LogP contribution >= 0.6 is 12.2 Å². The van der Waals surface area contributed by atoms with E-state index in [2.05, 4.69) is 10.6 Å². The van der Waals surface area contributed by atoms with Gasteiger partial charge in [-0.15, -0.1) is 0 Å². The van der Waals surface area contributed by atoms with E-state index in [0.717, 1.165) is 17.9 Å². The maximum atomic E-state index is 12.5. The largest absolute Gasteiger partial charge is 0.494 e. The minimum Gasteiger partial charge on any atom is -0.494 e. The number of thiocarbonyl (C=S) groups is 1. The quantitative estimate of drug-likeness (QED) is 0.332. The highest BCUT2D eigenvalue weighted by atomic mass is 32.1. The van der Waals surface area contributed by atoms with Crippen LogP contribution in [0, 0.1) is 0 Å². The summed E-state index contributed by atoms with van der Waals surface area (Å²) in [7, 11) is 0. The summed E-state index contributed by atoms with van der Waals surface area (Å²) in [5, 5.41) is 5.88. The zero-order chi connectivity index (χ0) is 22.6. The third-order valence-electron chi connectivity index (χ3n) is 4.30. The van der Waals surface area contributed by atoms with Gasteiger partial charge in [-0.2, -0.15) is 0 Å². The first-order chi connectivity index (χ1) is 15.7. The van der Waals surface area contributed by atoms with Crippen LogP contribution in [-0.4, -0.2) is 30.8 Å². The lowest BCUT2D eigenvalue weighted by Gasteiger charge is -2.15. The molecule has 6 nitrogen and oxygen atoms in total. The molecule has 0 radical (unpaired) electrons. The van der Waals surface area contributed by atoms with Gasteiger partial charge in [0.15, 0.2) is 5.11 Å². The fraction of sp³-hybridized carbons (Fsp3) is 0.200. The van der Waals surface area contributed by atoms with Crippen molar-refractivity contribution in [3.8, 4) is 17.2 Å². The zero-order valence-electron chi connectivity index (χ0n) is 17.9. The molecule has 32 heavy (non-hydrogen) atoms. The van der Waals surface area contributed by atoms with Crippen molar-refractivity contribution in [3.63, 3.8) is 0 Å². The number of para-hydroxylation sites is 3. The average Bonchev–Trinajstić information content (AvgIpc) is 2.82. The predicted molar refractivity (Wildman–Crippen MR) is 130 cm³/mol. The first-order valence-electron chi connectivity index (χ1n) is 10.4. The van der Waals surface area contributed by atoms with Crippen LogP contribution in [-0.2, 0) is 0 Å². The molecular formula is C25H26N2O4S. The Hall–Kier alpha value is -3.58. The number of benzene rings is 3. The molecule has 0 heterocycles. The first-order valence-corrected chi connectivity index (χ1v) is 10.8. The van der Waals surface area contributed by atoms with Crippen molar-refractivity contribution in [2.45, 2.75) is 13.3 Å². The van der Waals surface area contributed by atoms with E-state index < -0.39 is 0 Å². The number of nitrogens with one attached hydrogen (secondary N) is 2. The van der Waals surface area contributed by atoms with Crippen molar-refractivity contribution < 1.29 is 19.0 Å². The van der Waals surface area contributed by atoms with E-state index in [4.69, 9.17) is 26.4 Å². The van der Waals surface area contributed by atoms with Gasteiger partial charge in [0.25, 0.3) is 5.91 Å². The van der Waals surface area contributed by atoms with E-state index in [9.17, 15) is 4.79 Å². The molecule has 0 fully saturated rings. The zero-order valence-corrected chi connectivity index (χ0v) is 18.7.